The van der Waals surface area contributed by atoms with Crippen molar-refractivity contribution < 1.29 is 4.42 Å². The third-order valence-corrected chi connectivity index (χ3v) is 5.56. The van der Waals surface area contributed by atoms with Crippen LogP contribution in [0.2, 0.25) is 5.02 Å². The lowest BCUT2D eigenvalue weighted by molar-refractivity contribution is 0.246. The minimum Gasteiger partial charge on any atom is -0.464 e. The SMILES string of the molecule is Cc1ccc2occ(CN(CCCn3ccnc3)Cc3ccccc3Cl)c(=O)c2c1. The van der Waals surface area contributed by atoms with E-state index in [1.807, 2.05) is 61.9 Å². The number of benzene rings is 2. The van der Waals surface area contributed by atoms with E-state index in [1.165, 1.54) is 0 Å². The fraction of sp³-hybridized carbons (Fsp3) is 0.250. The van der Waals surface area contributed by atoms with Gasteiger partial charge in [0.1, 0.15) is 5.58 Å². The molecule has 5 nitrogen and oxygen atoms in total. The van der Waals surface area contributed by atoms with Gasteiger partial charge in [-0.3, -0.25) is 9.69 Å². The first kappa shape index (κ1) is 20.4. The Morgan fingerprint density at radius 2 is 1.97 bits per heavy atom. The van der Waals surface area contributed by atoms with Crippen molar-refractivity contribution in [2.24, 2.45) is 0 Å². The van der Waals surface area contributed by atoms with E-state index in [-0.39, 0.29) is 5.43 Å². The molecule has 0 aliphatic rings. The largest absolute Gasteiger partial charge is 0.464 e. The predicted molar refractivity (Wildman–Crippen MR) is 120 cm³/mol. The molecule has 0 bridgehead atoms. The number of halogens is 1. The van der Waals surface area contributed by atoms with Crippen LogP contribution in [-0.4, -0.2) is 21.0 Å². The average Bonchev–Trinajstić information content (AvgIpc) is 3.25. The Labute approximate surface area is 180 Å². The van der Waals surface area contributed by atoms with E-state index in [0.717, 1.165) is 35.7 Å². The zero-order chi connectivity index (χ0) is 20.9. The van der Waals surface area contributed by atoms with E-state index in [1.54, 1.807) is 12.5 Å². The van der Waals surface area contributed by atoms with Crippen LogP contribution in [0.15, 0.2) is 76.7 Å². The fourth-order valence-corrected chi connectivity index (χ4v) is 3.81. The summed E-state index contributed by atoms with van der Waals surface area (Å²) in [7, 11) is 0. The molecule has 0 fully saturated rings. The van der Waals surface area contributed by atoms with Crippen LogP contribution in [0, 0.1) is 6.92 Å². The molecule has 2 heterocycles. The molecule has 6 heteroatoms. The van der Waals surface area contributed by atoms with Crippen molar-refractivity contribution in [2.45, 2.75) is 33.0 Å². The molecule has 30 heavy (non-hydrogen) atoms. The molecule has 0 aliphatic heterocycles. The van der Waals surface area contributed by atoms with Crippen LogP contribution in [0.3, 0.4) is 0 Å². The van der Waals surface area contributed by atoms with Gasteiger partial charge in [-0.15, -0.1) is 0 Å². The molecule has 2 aromatic heterocycles. The molecule has 0 spiro atoms. The molecule has 2 aromatic carbocycles. The highest BCUT2D eigenvalue weighted by Crippen LogP contribution is 2.19. The molecule has 154 valence electrons. The summed E-state index contributed by atoms with van der Waals surface area (Å²) in [6.07, 6.45) is 8.08. The van der Waals surface area contributed by atoms with Gasteiger partial charge < -0.3 is 8.98 Å². The van der Waals surface area contributed by atoms with E-state index in [2.05, 4.69) is 14.5 Å². The summed E-state index contributed by atoms with van der Waals surface area (Å²) >= 11 is 6.39. The van der Waals surface area contributed by atoms with E-state index >= 15 is 0 Å². The highest BCUT2D eigenvalue weighted by atomic mass is 35.5. The molecule has 0 radical (unpaired) electrons. The van der Waals surface area contributed by atoms with Crippen LogP contribution in [0.25, 0.3) is 11.0 Å². The summed E-state index contributed by atoms with van der Waals surface area (Å²) in [6, 6.07) is 13.5. The lowest BCUT2D eigenvalue weighted by Gasteiger charge is -2.23. The second kappa shape index (κ2) is 9.28. The molecule has 0 unspecified atom stereocenters. The Morgan fingerprint density at radius 1 is 1.13 bits per heavy atom. The highest BCUT2D eigenvalue weighted by molar-refractivity contribution is 6.31. The minimum absolute atomic E-state index is 0.0266. The average molecular weight is 422 g/mol. The Balaban J connectivity index is 1.56. The monoisotopic (exact) mass is 421 g/mol. The first-order valence-corrected chi connectivity index (χ1v) is 10.4. The summed E-state index contributed by atoms with van der Waals surface area (Å²) in [5.74, 6) is 0. The van der Waals surface area contributed by atoms with Crippen LogP contribution in [0.4, 0.5) is 0 Å². The fourth-order valence-electron chi connectivity index (χ4n) is 3.61. The topological polar surface area (TPSA) is 51.3 Å². The maximum absolute atomic E-state index is 13.1. The molecular weight excluding hydrogens is 398 g/mol. The summed E-state index contributed by atoms with van der Waals surface area (Å²) in [4.78, 5) is 19.4. The normalized spacial score (nSPS) is 11.4. The Hall–Kier alpha value is -2.89. The minimum atomic E-state index is 0.0266. The van der Waals surface area contributed by atoms with Gasteiger partial charge in [-0.05, 0) is 37.1 Å². The lowest BCUT2D eigenvalue weighted by atomic mass is 10.1. The van der Waals surface area contributed by atoms with E-state index in [9.17, 15) is 4.79 Å². The summed E-state index contributed by atoms with van der Waals surface area (Å²) in [6.45, 7) is 4.82. The number of rotatable bonds is 8. The van der Waals surface area contributed by atoms with Gasteiger partial charge in [-0.25, -0.2) is 4.98 Å². The van der Waals surface area contributed by atoms with Crippen LogP contribution >= 0.6 is 11.6 Å². The summed E-state index contributed by atoms with van der Waals surface area (Å²) in [5, 5.41) is 1.36. The smallest absolute Gasteiger partial charge is 0.197 e. The van der Waals surface area contributed by atoms with Gasteiger partial charge in [0.2, 0.25) is 0 Å². The zero-order valence-electron chi connectivity index (χ0n) is 16.9. The van der Waals surface area contributed by atoms with Crippen molar-refractivity contribution in [1.82, 2.24) is 14.5 Å². The third-order valence-electron chi connectivity index (χ3n) is 5.20. The van der Waals surface area contributed by atoms with Gasteiger partial charge in [-0.2, -0.15) is 0 Å². The first-order chi connectivity index (χ1) is 14.6. The molecular formula is C24H24ClN3O2. The van der Waals surface area contributed by atoms with Gasteiger partial charge in [0.05, 0.1) is 18.0 Å². The number of aromatic nitrogens is 2. The Bertz CT molecular complexity index is 1180. The van der Waals surface area contributed by atoms with Crippen molar-refractivity contribution in [3.63, 3.8) is 0 Å². The maximum Gasteiger partial charge on any atom is 0.197 e. The lowest BCUT2D eigenvalue weighted by Crippen LogP contribution is -2.27. The number of nitrogens with zero attached hydrogens (tertiary/aromatic N) is 3. The number of aryl methyl sites for hydroxylation is 2. The van der Waals surface area contributed by atoms with Gasteiger partial charge in [-0.1, -0.05) is 41.4 Å². The quantitative estimate of drug-likeness (QED) is 0.399. The van der Waals surface area contributed by atoms with Crippen molar-refractivity contribution in [1.29, 1.82) is 0 Å². The van der Waals surface area contributed by atoms with E-state index in [4.69, 9.17) is 16.0 Å². The molecule has 0 amide bonds. The van der Waals surface area contributed by atoms with Gasteiger partial charge in [0.15, 0.2) is 5.43 Å². The van der Waals surface area contributed by atoms with Crippen LogP contribution < -0.4 is 5.43 Å². The van der Waals surface area contributed by atoms with Crippen molar-refractivity contribution in [2.75, 3.05) is 6.54 Å². The predicted octanol–water partition coefficient (Wildman–Crippen LogP) is 5.04. The Kier molecular flexibility index (Phi) is 6.31. The molecule has 0 atom stereocenters. The molecule has 0 saturated carbocycles. The highest BCUT2D eigenvalue weighted by Gasteiger charge is 2.14. The van der Waals surface area contributed by atoms with Gasteiger partial charge >= 0.3 is 0 Å². The van der Waals surface area contributed by atoms with Crippen molar-refractivity contribution >= 4 is 22.6 Å². The molecule has 0 aliphatic carbocycles. The second-order valence-electron chi connectivity index (χ2n) is 7.55. The maximum atomic E-state index is 13.1. The van der Waals surface area contributed by atoms with E-state index < -0.39 is 0 Å². The van der Waals surface area contributed by atoms with Crippen LogP contribution in [-0.2, 0) is 19.6 Å². The van der Waals surface area contributed by atoms with Gasteiger partial charge in [0, 0.05) is 49.2 Å². The third kappa shape index (κ3) is 4.81. The number of hydrogen-bond donors (Lipinski definition) is 0. The van der Waals surface area contributed by atoms with Crippen LogP contribution in [0.1, 0.15) is 23.1 Å². The first-order valence-electron chi connectivity index (χ1n) is 10.0. The van der Waals surface area contributed by atoms with Crippen molar-refractivity contribution in [3.05, 3.63) is 99.4 Å². The summed E-state index contributed by atoms with van der Waals surface area (Å²) in [5.41, 5.74) is 3.39. The second-order valence-corrected chi connectivity index (χ2v) is 7.95. The molecule has 0 N–H and O–H groups in total. The van der Waals surface area contributed by atoms with Gasteiger partial charge in [0.25, 0.3) is 0 Å². The number of imidazole rings is 1. The molecule has 4 rings (SSSR count). The number of fused-ring (bicyclic) bond motifs is 1. The van der Waals surface area contributed by atoms with Crippen LogP contribution in [0.5, 0.6) is 0 Å². The summed E-state index contributed by atoms with van der Waals surface area (Å²) < 4.78 is 7.81. The number of hydrogen-bond acceptors (Lipinski definition) is 4. The standard InChI is InChI=1S/C24H24ClN3O2/c1-18-7-8-23-21(13-18)24(29)20(16-30-23)15-28(11-4-10-27-12-9-26-17-27)14-19-5-2-3-6-22(19)25/h2-3,5-9,12-13,16-17H,4,10-11,14-15H2,1H3. The molecule has 0 saturated heterocycles. The van der Waals surface area contributed by atoms with Crippen molar-refractivity contribution in [3.8, 4) is 0 Å². The zero-order valence-corrected chi connectivity index (χ0v) is 17.7. The van der Waals surface area contributed by atoms with E-state index in [0.29, 0.717) is 29.6 Å². The Morgan fingerprint density at radius 3 is 2.77 bits per heavy atom. The molecule has 4 aromatic rings.